The van der Waals surface area contributed by atoms with Crippen LogP contribution in [0.2, 0.25) is 5.02 Å². The van der Waals surface area contributed by atoms with Gasteiger partial charge in [0.05, 0.1) is 22.5 Å². The topological polar surface area (TPSA) is 86.8 Å². The maximum Gasteiger partial charge on any atom is 0.417 e. The number of alkyl halides is 3. The fourth-order valence-electron chi connectivity index (χ4n) is 4.31. The summed E-state index contributed by atoms with van der Waals surface area (Å²) in [7, 11) is -4.24. The predicted molar refractivity (Wildman–Crippen MR) is 158 cm³/mol. The van der Waals surface area contributed by atoms with Gasteiger partial charge in [-0.2, -0.15) is 13.2 Å². The second kappa shape index (κ2) is 14.1. The summed E-state index contributed by atoms with van der Waals surface area (Å²) in [4.78, 5) is 28.7. The second-order valence-corrected chi connectivity index (χ2v) is 12.2. The molecule has 0 spiro atoms. The largest absolute Gasteiger partial charge is 0.417 e. The van der Waals surface area contributed by atoms with Gasteiger partial charge in [0.1, 0.15) is 12.6 Å². The predicted octanol–water partition coefficient (Wildman–Crippen LogP) is 5.60. The van der Waals surface area contributed by atoms with Gasteiger partial charge in [-0.15, -0.1) is 0 Å². The van der Waals surface area contributed by atoms with Crippen molar-refractivity contribution in [3.8, 4) is 0 Å². The molecule has 12 heteroatoms. The van der Waals surface area contributed by atoms with Gasteiger partial charge in [-0.25, -0.2) is 8.42 Å². The molecular formula is C30H33ClF3N3O4S. The van der Waals surface area contributed by atoms with Crippen molar-refractivity contribution >= 4 is 39.1 Å². The highest BCUT2D eigenvalue weighted by Crippen LogP contribution is 2.37. The van der Waals surface area contributed by atoms with Crippen LogP contribution in [-0.2, 0) is 38.8 Å². The Kier molecular flexibility index (Phi) is 11.0. The standard InChI is InChI=1S/C30H33ClF3N3O4S/c1-4-16-35-29(39)27(17-22-8-6-5-7-9-22)36(19-23-12-10-21(2)11-13-23)28(38)20-37(42(3,40)41)24-14-15-26(31)25(18-24)30(32,33)34/h5-15,18,27H,4,16-17,19-20H2,1-3H3,(H,35,39)/t27-/m1/s1. The summed E-state index contributed by atoms with van der Waals surface area (Å²) < 4.78 is 67.0. The van der Waals surface area contributed by atoms with E-state index in [4.69, 9.17) is 11.6 Å². The molecular weight excluding hydrogens is 591 g/mol. The summed E-state index contributed by atoms with van der Waals surface area (Å²) in [5.41, 5.74) is 0.813. The highest BCUT2D eigenvalue weighted by molar-refractivity contribution is 7.92. The first-order valence-electron chi connectivity index (χ1n) is 13.2. The molecule has 1 atom stereocenters. The van der Waals surface area contributed by atoms with Crippen LogP contribution in [0.1, 0.15) is 35.6 Å². The third kappa shape index (κ3) is 8.96. The molecule has 0 aliphatic rings. The number of amides is 2. The van der Waals surface area contributed by atoms with Gasteiger partial charge in [-0.05, 0) is 42.7 Å². The number of halogens is 4. The Morgan fingerprint density at radius 1 is 0.976 bits per heavy atom. The van der Waals surface area contributed by atoms with Gasteiger partial charge in [0.25, 0.3) is 0 Å². The lowest BCUT2D eigenvalue weighted by Gasteiger charge is -2.33. The van der Waals surface area contributed by atoms with Crippen LogP contribution in [0.3, 0.4) is 0 Å². The van der Waals surface area contributed by atoms with Gasteiger partial charge < -0.3 is 10.2 Å². The Morgan fingerprint density at radius 2 is 1.62 bits per heavy atom. The zero-order valence-electron chi connectivity index (χ0n) is 23.5. The summed E-state index contributed by atoms with van der Waals surface area (Å²) in [6.45, 7) is 3.26. The van der Waals surface area contributed by atoms with E-state index in [0.29, 0.717) is 28.9 Å². The third-order valence-electron chi connectivity index (χ3n) is 6.52. The van der Waals surface area contributed by atoms with Gasteiger partial charge in [0.2, 0.25) is 21.8 Å². The van der Waals surface area contributed by atoms with Crippen molar-refractivity contribution in [2.75, 3.05) is 23.7 Å². The molecule has 3 aromatic rings. The number of carbonyl (C=O) groups is 2. The molecule has 0 bridgehead atoms. The molecule has 0 fully saturated rings. The molecule has 3 aromatic carbocycles. The second-order valence-electron chi connectivity index (χ2n) is 9.94. The van der Waals surface area contributed by atoms with E-state index in [2.05, 4.69) is 5.32 Å². The molecule has 226 valence electrons. The zero-order chi connectivity index (χ0) is 31.1. The van der Waals surface area contributed by atoms with Crippen LogP contribution < -0.4 is 9.62 Å². The van der Waals surface area contributed by atoms with E-state index in [0.717, 1.165) is 29.5 Å². The number of rotatable bonds is 12. The van der Waals surface area contributed by atoms with E-state index in [9.17, 15) is 31.2 Å². The van der Waals surface area contributed by atoms with Gasteiger partial charge >= 0.3 is 6.18 Å². The maximum absolute atomic E-state index is 14.0. The van der Waals surface area contributed by atoms with Crippen LogP contribution in [0.5, 0.6) is 0 Å². The van der Waals surface area contributed by atoms with Gasteiger partial charge in [-0.3, -0.25) is 13.9 Å². The lowest BCUT2D eigenvalue weighted by Crippen LogP contribution is -2.53. The van der Waals surface area contributed by atoms with Crippen molar-refractivity contribution < 1.29 is 31.2 Å². The first kappa shape index (κ1) is 32.9. The number of aryl methyl sites for hydroxylation is 1. The van der Waals surface area contributed by atoms with E-state index in [1.807, 2.05) is 44.2 Å². The van der Waals surface area contributed by atoms with Crippen LogP contribution in [0.15, 0.2) is 72.8 Å². The van der Waals surface area contributed by atoms with E-state index < -0.39 is 51.2 Å². The highest BCUT2D eigenvalue weighted by Gasteiger charge is 2.36. The first-order valence-corrected chi connectivity index (χ1v) is 15.4. The lowest BCUT2D eigenvalue weighted by molar-refractivity contribution is -0.140. The minimum Gasteiger partial charge on any atom is -0.354 e. The molecule has 7 nitrogen and oxygen atoms in total. The van der Waals surface area contributed by atoms with Crippen molar-refractivity contribution in [1.29, 1.82) is 0 Å². The first-order chi connectivity index (χ1) is 19.7. The van der Waals surface area contributed by atoms with Crippen molar-refractivity contribution in [3.05, 3.63) is 100 Å². The van der Waals surface area contributed by atoms with Crippen LogP contribution in [0, 0.1) is 6.92 Å². The van der Waals surface area contributed by atoms with Gasteiger partial charge in [0, 0.05) is 19.5 Å². The molecule has 0 aliphatic heterocycles. The number of anilines is 1. The fourth-order valence-corrected chi connectivity index (χ4v) is 5.38. The highest BCUT2D eigenvalue weighted by atomic mass is 35.5. The summed E-state index contributed by atoms with van der Waals surface area (Å²) in [5.74, 6) is -1.20. The Morgan fingerprint density at radius 3 is 2.19 bits per heavy atom. The zero-order valence-corrected chi connectivity index (χ0v) is 25.1. The molecule has 0 saturated carbocycles. The summed E-state index contributed by atoms with van der Waals surface area (Å²) in [5, 5.41) is 2.22. The molecule has 0 radical (unpaired) electrons. The Bertz CT molecular complexity index is 1480. The fraction of sp³-hybridized carbons (Fsp3) is 0.333. The number of nitrogens with zero attached hydrogens (tertiary/aromatic N) is 2. The molecule has 1 N–H and O–H groups in total. The lowest BCUT2D eigenvalue weighted by atomic mass is 10.0. The average Bonchev–Trinajstić information content (AvgIpc) is 2.93. The van der Waals surface area contributed by atoms with Gasteiger partial charge in [-0.1, -0.05) is 78.7 Å². The van der Waals surface area contributed by atoms with Crippen LogP contribution >= 0.6 is 11.6 Å². The quantitative estimate of drug-likeness (QED) is 0.285. The number of hydrogen-bond acceptors (Lipinski definition) is 4. The molecule has 0 aromatic heterocycles. The maximum atomic E-state index is 14.0. The van der Waals surface area contributed by atoms with Gasteiger partial charge in [0.15, 0.2) is 0 Å². The summed E-state index contributed by atoms with van der Waals surface area (Å²) in [6, 6.07) is 17.9. The van der Waals surface area contributed by atoms with Crippen molar-refractivity contribution in [1.82, 2.24) is 10.2 Å². The smallest absolute Gasteiger partial charge is 0.354 e. The average molecular weight is 624 g/mol. The van der Waals surface area contributed by atoms with E-state index in [1.54, 1.807) is 24.3 Å². The Hall–Kier alpha value is -3.57. The number of carbonyl (C=O) groups excluding carboxylic acids is 2. The Labute approximate surface area is 249 Å². The Balaban J connectivity index is 2.08. The van der Waals surface area contributed by atoms with Crippen molar-refractivity contribution in [2.45, 2.75) is 45.5 Å². The summed E-state index contributed by atoms with van der Waals surface area (Å²) >= 11 is 5.74. The number of benzene rings is 3. The molecule has 0 heterocycles. The monoisotopic (exact) mass is 623 g/mol. The molecule has 0 unspecified atom stereocenters. The van der Waals surface area contributed by atoms with Crippen molar-refractivity contribution in [2.24, 2.45) is 0 Å². The SMILES string of the molecule is CCCNC(=O)[C@@H](Cc1ccccc1)N(Cc1ccc(C)cc1)C(=O)CN(c1ccc(Cl)c(C(F)(F)F)c1)S(C)(=O)=O. The van der Waals surface area contributed by atoms with Crippen LogP contribution in [0.25, 0.3) is 0 Å². The number of nitrogens with one attached hydrogen (secondary N) is 1. The molecule has 42 heavy (non-hydrogen) atoms. The summed E-state index contributed by atoms with van der Waals surface area (Å²) in [6.07, 6.45) is -3.28. The van der Waals surface area contributed by atoms with Crippen LogP contribution in [-0.4, -0.2) is 50.5 Å². The molecule has 2 amide bonds. The van der Waals surface area contributed by atoms with Crippen molar-refractivity contribution in [3.63, 3.8) is 0 Å². The number of hydrogen-bond donors (Lipinski definition) is 1. The van der Waals surface area contributed by atoms with Crippen LogP contribution in [0.4, 0.5) is 18.9 Å². The molecule has 0 saturated heterocycles. The van der Waals surface area contributed by atoms with E-state index in [1.165, 1.54) is 4.90 Å². The minimum atomic E-state index is -4.85. The molecule has 0 aliphatic carbocycles. The molecule has 3 rings (SSSR count). The van der Waals surface area contributed by atoms with E-state index >= 15 is 0 Å². The number of sulfonamides is 1. The van der Waals surface area contributed by atoms with E-state index in [-0.39, 0.29) is 18.7 Å². The minimum absolute atomic E-state index is 0.0395. The third-order valence-corrected chi connectivity index (χ3v) is 7.99. The normalized spacial score (nSPS) is 12.5.